The molecule has 0 fully saturated rings. The van der Waals surface area contributed by atoms with Crippen molar-refractivity contribution in [1.82, 2.24) is 20.7 Å². The Bertz CT molecular complexity index is 1610. The van der Waals surface area contributed by atoms with Crippen LogP contribution in [0.1, 0.15) is 41.6 Å². The number of hydrazine groups is 1. The molecule has 4 aromatic rings. The zero-order valence-corrected chi connectivity index (χ0v) is 27.3. The maximum atomic E-state index is 13.9. The molecule has 8 nitrogen and oxygen atoms in total. The molecule has 2 aromatic heterocycles. The highest BCUT2D eigenvalue weighted by atomic mass is 35.5. The highest BCUT2D eigenvalue weighted by Crippen LogP contribution is 2.32. The van der Waals surface area contributed by atoms with Gasteiger partial charge >= 0.3 is 0 Å². The van der Waals surface area contributed by atoms with E-state index in [0.717, 1.165) is 20.9 Å². The van der Waals surface area contributed by atoms with Crippen LogP contribution in [0.3, 0.4) is 0 Å². The third-order valence-electron chi connectivity index (χ3n) is 6.94. The Morgan fingerprint density at radius 3 is 2.23 bits per heavy atom. The van der Waals surface area contributed by atoms with Gasteiger partial charge in [-0.25, -0.2) is 10.0 Å². The molecule has 2 N–H and O–H groups in total. The topological polar surface area (TPSA) is 106 Å². The van der Waals surface area contributed by atoms with Gasteiger partial charge in [0, 0.05) is 28.2 Å². The Hall–Kier alpha value is -4.17. The van der Waals surface area contributed by atoms with Crippen molar-refractivity contribution in [3.05, 3.63) is 105 Å². The number of likely N-dealkylation sites (N-methyl/N-ethyl adjacent to an activating group) is 1. The van der Waals surface area contributed by atoms with E-state index in [1.165, 1.54) is 28.4 Å². The molecule has 0 spiro atoms. The van der Waals surface area contributed by atoms with Gasteiger partial charge in [0.05, 0.1) is 11.4 Å². The van der Waals surface area contributed by atoms with Crippen molar-refractivity contribution in [2.45, 2.75) is 45.8 Å². The Morgan fingerprint density at radius 1 is 0.909 bits per heavy atom. The molecule has 0 unspecified atom stereocenters. The summed E-state index contributed by atoms with van der Waals surface area (Å²) in [4.78, 5) is 43.6. The van der Waals surface area contributed by atoms with E-state index in [2.05, 4.69) is 16.8 Å². The SMILES string of the molecule is CN(C(=O)[C@H](Cc1ccccc1)NC(=O)[C@@H](NC(=O)c1ccc(-c2cccs2)s1)C(C)(C)C)N(C#N)Cc1ccc(Cl)cc1. The number of carbonyl (C=O) groups excluding carboxylic acids is 3. The first-order chi connectivity index (χ1) is 21.0. The van der Waals surface area contributed by atoms with Crippen LogP contribution in [-0.2, 0) is 22.6 Å². The molecule has 2 aromatic carbocycles. The molecule has 3 amide bonds. The first-order valence-electron chi connectivity index (χ1n) is 13.9. The van der Waals surface area contributed by atoms with E-state index in [-0.39, 0.29) is 18.9 Å². The van der Waals surface area contributed by atoms with Gasteiger partial charge in [-0.15, -0.1) is 22.7 Å². The summed E-state index contributed by atoms with van der Waals surface area (Å²) in [6.45, 7) is 5.70. The molecule has 0 saturated heterocycles. The number of carbonyl (C=O) groups is 3. The summed E-state index contributed by atoms with van der Waals surface area (Å²) in [5.41, 5.74) is 0.940. The van der Waals surface area contributed by atoms with Crippen LogP contribution in [0, 0.1) is 16.9 Å². The lowest BCUT2D eigenvalue weighted by atomic mass is 9.85. The van der Waals surface area contributed by atoms with Gasteiger partial charge in [0.2, 0.25) is 5.91 Å². The summed E-state index contributed by atoms with van der Waals surface area (Å²) < 4.78 is 0. The number of halogens is 1. The van der Waals surface area contributed by atoms with Crippen LogP contribution in [-0.4, -0.2) is 46.9 Å². The van der Waals surface area contributed by atoms with Gasteiger partial charge in [0.15, 0.2) is 6.19 Å². The number of benzene rings is 2. The number of thiophene rings is 2. The van der Waals surface area contributed by atoms with Crippen molar-refractivity contribution < 1.29 is 14.4 Å². The summed E-state index contributed by atoms with van der Waals surface area (Å²) in [6.07, 6.45) is 2.25. The zero-order chi connectivity index (χ0) is 31.9. The molecule has 4 rings (SSSR count). The van der Waals surface area contributed by atoms with E-state index in [1.54, 1.807) is 41.7 Å². The molecular formula is C33H34ClN5O3S2. The normalized spacial score (nSPS) is 12.5. The Morgan fingerprint density at radius 2 is 1.61 bits per heavy atom. The fourth-order valence-electron chi connectivity index (χ4n) is 4.51. The number of hydrogen-bond acceptors (Lipinski definition) is 7. The standard InChI is InChI=1S/C33H34ClN5O3S2/c1-33(2,3)29(37-30(40)28-17-16-27(44-28)26-11-8-18-43-26)31(41)36-25(19-22-9-6-5-7-10-22)32(42)38(4)39(21-35)20-23-12-14-24(34)15-13-23/h5-18,25,29H,19-20H2,1-4H3,(H,36,41)(H,37,40)/t25-,29+/m0/s1. The van der Waals surface area contributed by atoms with Crippen LogP contribution in [0.4, 0.5) is 0 Å². The zero-order valence-electron chi connectivity index (χ0n) is 24.9. The minimum atomic E-state index is -1.01. The summed E-state index contributed by atoms with van der Waals surface area (Å²) in [7, 11) is 1.50. The fourth-order valence-corrected chi connectivity index (χ4v) is 6.38. The molecule has 2 heterocycles. The molecule has 0 saturated carbocycles. The summed E-state index contributed by atoms with van der Waals surface area (Å²) in [5.74, 6) is -1.34. The molecule has 228 valence electrons. The lowest BCUT2D eigenvalue weighted by Gasteiger charge is -2.34. The first kappa shape index (κ1) is 32.7. The average molecular weight is 648 g/mol. The number of nitrogens with one attached hydrogen (secondary N) is 2. The maximum absolute atomic E-state index is 13.9. The van der Waals surface area contributed by atoms with Gasteiger partial charge < -0.3 is 10.6 Å². The van der Waals surface area contributed by atoms with E-state index >= 15 is 0 Å². The molecule has 0 aliphatic heterocycles. The summed E-state index contributed by atoms with van der Waals surface area (Å²) >= 11 is 8.95. The van der Waals surface area contributed by atoms with Crippen LogP contribution in [0.15, 0.2) is 84.2 Å². The summed E-state index contributed by atoms with van der Waals surface area (Å²) in [6, 6.07) is 21.9. The van der Waals surface area contributed by atoms with Crippen molar-refractivity contribution >= 4 is 52.0 Å². The van der Waals surface area contributed by atoms with E-state index < -0.39 is 29.3 Å². The van der Waals surface area contributed by atoms with E-state index in [1.807, 2.05) is 74.7 Å². The van der Waals surface area contributed by atoms with Gasteiger partial charge in [-0.05, 0) is 52.3 Å². The number of nitriles is 1. The quantitative estimate of drug-likeness (QED) is 0.112. The van der Waals surface area contributed by atoms with Crippen molar-refractivity contribution in [1.29, 1.82) is 5.26 Å². The van der Waals surface area contributed by atoms with Crippen LogP contribution in [0.5, 0.6) is 0 Å². The lowest BCUT2D eigenvalue weighted by Crippen LogP contribution is -2.59. The minimum Gasteiger partial charge on any atom is -0.342 e. The second-order valence-corrected chi connectivity index (χ2v) is 13.8. The van der Waals surface area contributed by atoms with E-state index in [4.69, 9.17) is 11.6 Å². The number of nitrogens with zero attached hydrogens (tertiary/aromatic N) is 3. The highest BCUT2D eigenvalue weighted by molar-refractivity contribution is 7.22. The Balaban J connectivity index is 1.54. The van der Waals surface area contributed by atoms with Crippen LogP contribution in [0.2, 0.25) is 5.02 Å². The molecular weight excluding hydrogens is 614 g/mol. The predicted octanol–water partition coefficient (Wildman–Crippen LogP) is 6.36. The maximum Gasteiger partial charge on any atom is 0.264 e. The smallest absolute Gasteiger partial charge is 0.264 e. The Kier molecular flexibility index (Phi) is 10.8. The molecule has 0 bridgehead atoms. The number of hydrogen-bond donors (Lipinski definition) is 2. The third kappa shape index (κ3) is 8.47. The van der Waals surface area contributed by atoms with Crippen molar-refractivity contribution in [3.8, 4) is 15.9 Å². The molecule has 0 radical (unpaired) electrons. The molecule has 11 heteroatoms. The van der Waals surface area contributed by atoms with Crippen molar-refractivity contribution in [2.24, 2.45) is 5.41 Å². The molecule has 0 aliphatic carbocycles. The van der Waals surface area contributed by atoms with Crippen LogP contribution in [0.25, 0.3) is 9.75 Å². The number of amides is 3. The summed E-state index contributed by atoms with van der Waals surface area (Å²) in [5, 5.41) is 20.7. The number of rotatable bonds is 11. The second kappa shape index (κ2) is 14.5. The Labute approximate surface area is 270 Å². The van der Waals surface area contributed by atoms with Gasteiger partial charge in [-0.3, -0.25) is 14.4 Å². The van der Waals surface area contributed by atoms with Crippen LogP contribution >= 0.6 is 34.3 Å². The average Bonchev–Trinajstić information content (AvgIpc) is 3.71. The lowest BCUT2D eigenvalue weighted by molar-refractivity contribution is -0.146. The van der Waals surface area contributed by atoms with Crippen LogP contribution < -0.4 is 10.6 Å². The van der Waals surface area contributed by atoms with Gasteiger partial charge in [0.1, 0.15) is 12.1 Å². The van der Waals surface area contributed by atoms with Gasteiger partial charge in [0.25, 0.3) is 11.8 Å². The fraction of sp³-hybridized carbons (Fsp3) is 0.273. The van der Waals surface area contributed by atoms with Gasteiger partial charge in [-0.2, -0.15) is 5.26 Å². The van der Waals surface area contributed by atoms with Gasteiger partial charge in [-0.1, -0.05) is 80.9 Å². The van der Waals surface area contributed by atoms with Crippen molar-refractivity contribution in [2.75, 3.05) is 7.05 Å². The van der Waals surface area contributed by atoms with E-state index in [0.29, 0.717) is 9.90 Å². The molecule has 0 aliphatic rings. The van der Waals surface area contributed by atoms with Crippen molar-refractivity contribution in [3.63, 3.8) is 0 Å². The molecule has 2 atom stereocenters. The van der Waals surface area contributed by atoms with E-state index in [9.17, 15) is 19.6 Å². The second-order valence-electron chi connectivity index (χ2n) is 11.3. The third-order valence-corrected chi connectivity index (χ3v) is 9.34. The molecule has 44 heavy (non-hydrogen) atoms. The predicted molar refractivity (Wildman–Crippen MR) is 176 cm³/mol. The highest BCUT2D eigenvalue weighted by Gasteiger charge is 2.36. The largest absolute Gasteiger partial charge is 0.342 e. The monoisotopic (exact) mass is 647 g/mol. The minimum absolute atomic E-state index is 0.136. The first-order valence-corrected chi connectivity index (χ1v) is 16.0.